The Morgan fingerprint density at radius 2 is 2.12 bits per heavy atom. The van der Waals surface area contributed by atoms with Crippen molar-refractivity contribution in [1.29, 1.82) is 0 Å². The lowest BCUT2D eigenvalue weighted by Crippen LogP contribution is -2.23. The van der Waals surface area contributed by atoms with Crippen LogP contribution in [0.1, 0.15) is 0 Å². The number of benzene rings is 1. The van der Waals surface area contributed by atoms with E-state index in [0.29, 0.717) is 10.8 Å². The highest BCUT2D eigenvalue weighted by Gasteiger charge is 2.21. The molecule has 1 heterocycles. The zero-order valence-corrected chi connectivity index (χ0v) is 15.5. The van der Waals surface area contributed by atoms with E-state index in [0.717, 1.165) is 16.1 Å². The lowest BCUT2D eigenvalue weighted by atomic mass is 10.3. The van der Waals surface area contributed by atoms with Crippen LogP contribution < -0.4 is 5.32 Å². The van der Waals surface area contributed by atoms with E-state index >= 15 is 0 Å². The number of sulfonamides is 1. The molecule has 2 aromatic rings. The number of tetrazole rings is 1. The quantitative estimate of drug-likeness (QED) is 0.728. The zero-order valence-electron chi connectivity index (χ0n) is 13.1. The molecule has 130 valence electrons. The SMILES string of the molecule is CN(C)S(=O)(=O)c1cc(NC(=O)CSc2nnnn2C)ccc1Cl. The second kappa shape index (κ2) is 7.47. The number of aromatic nitrogens is 4. The number of carbonyl (C=O) groups excluding carboxylic acids is 1. The molecule has 0 spiro atoms. The molecule has 1 aromatic heterocycles. The Kier molecular flexibility index (Phi) is 5.80. The third-order valence-electron chi connectivity index (χ3n) is 2.89. The minimum absolute atomic E-state index is 0.0721. The van der Waals surface area contributed by atoms with Gasteiger partial charge in [0.25, 0.3) is 0 Å². The van der Waals surface area contributed by atoms with Gasteiger partial charge in [-0.05, 0) is 28.6 Å². The van der Waals surface area contributed by atoms with E-state index in [-0.39, 0.29) is 21.6 Å². The third-order valence-corrected chi connectivity index (χ3v) is 6.19. The Labute approximate surface area is 148 Å². The van der Waals surface area contributed by atoms with E-state index in [1.165, 1.54) is 37.0 Å². The molecule has 2 rings (SSSR count). The van der Waals surface area contributed by atoms with Crippen LogP contribution in [0, 0.1) is 0 Å². The van der Waals surface area contributed by atoms with E-state index in [4.69, 9.17) is 11.6 Å². The van der Waals surface area contributed by atoms with Gasteiger partial charge in [-0.2, -0.15) is 0 Å². The van der Waals surface area contributed by atoms with Gasteiger partial charge in [0.15, 0.2) is 0 Å². The maximum absolute atomic E-state index is 12.2. The average molecular weight is 391 g/mol. The van der Waals surface area contributed by atoms with Crippen molar-refractivity contribution in [2.24, 2.45) is 7.05 Å². The summed E-state index contributed by atoms with van der Waals surface area (Å²) in [6, 6.07) is 4.28. The van der Waals surface area contributed by atoms with Crippen LogP contribution in [0.3, 0.4) is 0 Å². The highest BCUT2D eigenvalue weighted by molar-refractivity contribution is 7.99. The van der Waals surface area contributed by atoms with Gasteiger partial charge in [0.1, 0.15) is 4.90 Å². The molecule has 0 saturated carbocycles. The minimum atomic E-state index is -3.70. The molecule has 12 heteroatoms. The number of nitrogens with zero attached hydrogens (tertiary/aromatic N) is 5. The molecular weight excluding hydrogens is 376 g/mol. The lowest BCUT2D eigenvalue weighted by Gasteiger charge is -2.14. The van der Waals surface area contributed by atoms with Gasteiger partial charge >= 0.3 is 0 Å². The van der Waals surface area contributed by atoms with Crippen LogP contribution in [0.15, 0.2) is 28.3 Å². The molecule has 9 nitrogen and oxygen atoms in total. The summed E-state index contributed by atoms with van der Waals surface area (Å²) in [7, 11) is 0.771. The summed E-state index contributed by atoms with van der Waals surface area (Å²) >= 11 is 7.12. The number of rotatable bonds is 6. The Bertz CT molecular complexity index is 852. The highest BCUT2D eigenvalue weighted by atomic mass is 35.5. The predicted octanol–water partition coefficient (Wildman–Crippen LogP) is 0.845. The normalized spacial score (nSPS) is 11.7. The number of amides is 1. The largest absolute Gasteiger partial charge is 0.325 e. The first-order valence-electron chi connectivity index (χ1n) is 6.59. The molecule has 0 bridgehead atoms. The van der Waals surface area contributed by atoms with Crippen LogP contribution >= 0.6 is 23.4 Å². The Morgan fingerprint density at radius 3 is 2.71 bits per heavy atom. The number of aryl methyl sites for hydroxylation is 1. The lowest BCUT2D eigenvalue weighted by molar-refractivity contribution is -0.113. The molecule has 0 radical (unpaired) electrons. The molecule has 0 aliphatic rings. The summed E-state index contributed by atoms with van der Waals surface area (Å²) in [5.41, 5.74) is 0.335. The van der Waals surface area contributed by atoms with Gasteiger partial charge in [-0.25, -0.2) is 17.4 Å². The molecule has 0 atom stereocenters. The van der Waals surface area contributed by atoms with Crippen molar-refractivity contribution in [2.45, 2.75) is 10.1 Å². The molecule has 1 amide bonds. The molecule has 0 unspecified atom stereocenters. The second-order valence-corrected chi connectivity index (χ2v) is 8.32. The molecule has 0 fully saturated rings. The number of halogens is 1. The van der Waals surface area contributed by atoms with Crippen LogP contribution in [0.4, 0.5) is 5.69 Å². The van der Waals surface area contributed by atoms with Crippen LogP contribution in [0.25, 0.3) is 0 Å². The third kappa shape index (κ3) is 4.23. The van der Waals surface area contributed by atoms with Crippen molar-refractivity contribution in [3.05, 3.63) is 23.2 Å². The van der Waals surface area contributed by atoms with Crippen molar-refractivity contribution in [2.75, 3.05) is 25.2 Å². The number of carbonyl (C=O) groups is 1. The van der Waals surface area contributed by atoms with Gasteiger partial charge in [0, 0.05) is 26.8 Å². The first kappa shape index (κ1) is 18.6. The smallest absolute Gasteiger partial charge is 0.244 e. The summed E-state index contributed by atoms with van der Waals surface area (Å²) in [6.07, 6.45) is 0. The Hall–Kier alpha value is -1.69. The summed E-state index contributed by atoms with van der Waals surface area (Å²) < 4.78 is 26.9. The molecular formula is C12H15ClN6O3S2. The minimum Gasteiger partial charge on any atom is -0.325 e. The number of hydrogen-bond donors (Lipinski definition) is 1. The second-order valence-electron chi connectivity index (χ2n) is 4.85. The van der Waals surface area contributed by atoms with Crippen molar-refractivity contribution >= 4 is 45.0 Å². The maximum Gasteiger partial charge on any atom is 0.244 e. The van der Waals surface area contributed by atoms with Gasteiger partial charge < -0.3 is 5.32 Å². The number of hydrogen-bond acceptors (Lipinski definition) is 7. The molecule has 1 N–H and O–H groups in total. The molecule has 24 heavy (non-hydrogen) atoms. The van der Waals surface area contributed by atoms with E-state index in [9.17, 15) is 13.2 Å². The average Bonchev–Trinajstić information content (AvgIpc) is 2.92. The fraction of sp³-hybridized carbons (Fsp3) is 0.333. The summed E-state index contributed by atoms with van der Waals surface area (Å²) in [5, 5.41) is 14.1. The summed E-state index contributed by atoms with van der Waals surface area (Å²) in [6.45, 7) is 0. The molecule has 0 aliphatic heterocycles. The molecule has 1 aromatic carbocycles. The first-order valence-corrected chi connectivity index (χ1v) is 9.39. The maximum atomic E-state index is 12.2. The molecule has 0 aliphatic carbocycles. The van der Waals surface area contributed by atoms with Crippen molar-refractivity contribution in [3.63, 3.8) is 0 Å². The topological polar surface area (TPSA) is 110 Å². The van der Waals surface area contributed by atoms with Crippen molar-refractivity contribution in [1.82, 2.24) is 24.5 Å². The van der Waals surface area contributed by atoms with Gasteiger partial charge in [-0.3, -0.25) is 4.79 Å². The Morgan fingerprint density at radius 1 is 1.42 bits per heavy atom. The highest BCUT2D eigenvalue weighted by Crippen LogP contribution is 2.27. The predicted molar refractivity (Wildman–Crippen MR) is 90.5 cm³/mol. The van der Waals surface area contributed by atoms with Crippen LogP contribution in [-0.2, 0) is 21.9 Å². The van der Waals surface area contributed by atoms with E-state index < -0.39 is 10.0 Å². The Balaban J connectivity index is 2.10. The van der Waals surface area contributed by atoms with E-state index in [1.807, 2.05) is 0 Å². The first-order chi connectivity index (χ1) is 11.2. The van der Waals surface area contributed by atoms with Gasteiger partial charge in [0.2, 0.25) is 21.1 Å². The molecule has 0 saturated heterocycles. The summed E-state index contributed by atoms with van der Waals surface area (Å²) in [5.74, 6) is -0.245. The van der Waals surface area contributed by atoms with Crippen LogP contribution in [-0.4, -0.2) is 58.7 Å². The number of anilines is 1. The number of nitrogens with one attached hydrogen (secondary N) is 1. The summed E-state index contributed by atoms with van der Waals surface area (Å²) in [4.78, 5) is 11.9. The van der Waals surface area contributed by atoms with Gasteiger partial charge in [-0.15, -0.1) is 5.10 Å². The van der Waals surface area contributed by atoms with Crippen LogP contribution in [0.2, 0.25) is 5.02 Å². The number of thioether (sulfide) groups is 1. The van der Waals surface area contributed by atoms with Gasteiger partial charge in [0.05, 0.1) is 10.8 Å². The zero-order chi connectivity index (χ0) is 17.9. The fourth-order valence-electron chi connectivity index (χ4n) is 1.65. The van der Waals surface area contributed by atoms with Crippen LogP contribution in [0.5, 0.6) is 0 Å². The van der Waals surface area contributed by atoms with E-state index in [2.05, 4.69) is 20.8 Å². The van der Waals surface area contributed by atoms with E-state index in [1.54, 1.807) is 7.05 Å². The van der Waals surface area contributed by atoms with Crippen molar-refractivity contribution < 1.29 is 13.2 Å². The monoisotopic (exact) mass is 390 g/mol. The fourth-order valence-corrected chi connectivity index (χ4v) is 3.69. The standard InChI is InChI=1S/C12H15ClN6O3S2/c1-18(2)24(21,22)10-6-8(4-5-9(10)13)14-11(20)7-23-12-15-16-17-19(12)3/h4-6H,7H2,1-3H3,(H,14,20). The van der Waals surface area contributed by atoms with Gasteiger partial charge in [-0.1, -0.05) is 23.4 Å². The van der Waals surface area contributed by atoms with Crippen molar-refractivity contribution in [3.8, 4) is 0 Å².